The van der Waals surface area contributed by atoms with Gasteiger partial charge in [0.25, 0.3) is 5.91 Å². The molecule has 1 aliphatic carbocycles. The predicted molar refractivity (Wildman–Crippen MR) is 102 cm³/mol. The van der Waals surface area contributed by atoms with Gasteiger partial charge in [0, 0.05) is 25.1 Å². The van der Waals surface area contributed by atoms with E-state index in [9.17, 15) is 23.2 Å². The van der Waals surface area contributed by atoms with Gasteiger partial charge in [0.1, 0.15) is 11.6 Å². The largest absolute Gasteiger partial charge is 0.455 e. The summed E-state index contributed by atoms with van der Waals surface area (Å²) in [6, 6.07) is 2.79. The summed E-state index contributed by atoms with van der Waals surface area (Å²) >= 11 is 0. The van der Waals surface area contributed by atoms with E-state index in [0.29, 0.717) is 18.4 Å². The number of hydrogen-bond donors (Lipinski definition) is 1. The molecule has 0 aromatic heterocycles. The Labute approximate surface area is 168 Å². The topological polar surface area (TPSA) is 75.7 Å². The highest BCUT2D eigenvalue weighted by atomic mass is 19.1. The summed E-state index contributed by atoms with van der Waals surface area (Å²) in [6.07, 6.45) is 3.20. The molecule has 1 saturated carbocycles. The van der Waals surface area contributed by atoms with Crippen LogP contribution in [0.4, 0.5) is 14.5 Å². The number of halogens is 2. The maximum Gasteiger partial charge on any atom is 0.311 e. The van der Waals surface area contributed by atoms with E-state index in [1.807, 2.05) is 0 Å². The fraction of sp³-hybridized carbons (Fsp3) is 0.571. The number of benzene rings is 1. The lowest BCUT2D eigenvalue weighted by atomic mass is 9.77. The number of carbonyl (C=O) groups is 3. The van der Waals surface area contributed by atoms with Gasteiger partial charge in [-0.25, -0.2) is 8.78 Å². The van der Waals surface area contributed by atoms with Gasteiger partial charge in [0.05, 0.1) is 11.6 Å². The van der Waals surface area contributed by atoms with E-state index in [1.54, 1.807) is 4.90 Å². The summed E-state index contributed by atoms with van der Waals surface area (Å²) in [6.45, 7) is 3.99. The van der Waals surface area contributed by atoms with E-state index in [2.05, 4.69) is 19.2 Å². The summed E-state index contributed by atoms with van der Waals surface area (Å²) in [5, 5.41) is 2.17. The molecule has 1 aromatic carbocycles. The maximum absolute atomic E-state index is 13.6. The highest BCUT2D eigenvalue weighted by Gasteiger charge is 2.42. The van der Waals surface area contributed by atoms with Crippen LogP contribution in [-0.2, 0) is 19.1 Å². The van der Waals surface area contributed by atoms with Crippen molar-refractivity contribution in [3.8, 4) is 0 Å². The van der Waals surface area contributed by atoms with E-state index in [-0.39, 0.29) is 24.1 Å². The van der Waals surface area contributed by atoms with Crippen LogP contribution < -0.4 is 5.32 Å². The fourth-order valence-electron chi connectivity index (χ4n) is 4.24. The highest BCUT2D eigenvalue weighted by Crippen LogP contribution is 2.35. The Kier molecular flexibility index (Phi) is 6.49. The summed E-state index contributed by atoms with van der Waals surface area (Å²) in [4.78, 5) is 38.5. The molecule has 0 spiro atoms. The third-order valence-electron chi connectivity index (χ3n) is 6.10. The zero-order valence-corrected chi connectivity index (χ0v) is 16.6. The predicted octanol–water partition coefficient (Wildman–Crippen LogP) is 3.12. The molecule has 0 unspecified atom stereocenters. The van der Waals surface area contributed by atoms with Gasteiger partial charge in [0.15, 0.2) is 6.61 Å². The summed E-state index contributed by atoms with van der Waals surface area (Å²) in [7, 11) is 0. The zero-order chi connectivity index (χ0) is 21.1. The molecule has 1 aliphatic heterocycles. The molecule has 3 rings (SSSR count). The van der Waals surface area contributed by atoms with Crippen LogP contribution in [0, 0.1) is 29.4 Å². The Morgan fingerprint density at radius 1 is 1.24 bits per heavy atom. The molecule has 1 heterocycles. The number of likely N-dealkylation sites (tertiary alicyclic amines) is 1. The first-order valence-electron chi connectivity index (χ1n) is 9.97. The van der Waals surface area contributed by atoms with Gasteiger partial charge < -0.3 is 15.0 Å². The van der Waals surface area contributed by atoms with Gasteiger partial charge >= 0.3 is 5.97 Å². The van der Waals surface area contributed by atoms with Crippen LogP contribution in [0.25, 0.3) is 0 Å². The molecule has 2 amide bonds. The molecule has 0 radical (unpaired) electrons. The number of amides is 2. The van der Waals surface area contributed by atoms with Crippen molar-refractivity contribution in [2.45, 2.75) is 45.6 Å². The Hall–Kier alpha value is -2.51. The summed E-state index contributed by atoms with van der Waals surface area (Å²) < 4.78 is 31.7. The standard InChI is InChI=1S/C21H26F2N2O4/c1-12-4-3-5-18(13(12)2)25-10-14(8-20(25)27)21(28)29-11-19(26)24-17-9-15(22)6-7-16(17)23/h6-7,9,12-14,18H,3-5,8,10-11H2,1-2H3,(H,24,26)/t12-,13-,14-,18+/m1/s1. The van der Waals surface area contributed by atoms with E-state index in [1.165, 1.54) is 0 Å². The molecule has 1 saturated heterocycles. The maximum atomic E-state index is 13.6. The first-order chi connectivity index (χ1) is 13.8. The molecular weight excluding hydrogens is 382 g/mol. The molecule has 2 fully saturated rings. The van der Waals surface area contributed by atoms with Crippen molar-refractivity contribution in [3.05, 3.63) is 29.8 Å². The van der Waals surface area contributed by atoms with Crippen LogP contribution in [0.1, 0.15) is 39.5 Å². The first-order valence-corrected chi connectivity index (χ1v) is 9.97. The number of ether oxygens (including phenoxy) is 1. The molecule has 6 nitrogen and oxygen atoms in total. The van der Waals surface area contributed by atoms with Crippen LogP contribution >= 0.6 is 0 Å². The average molecular weight is 408 g/mol. The van der Waals surface area contributed by atoms with Gasteiger partial charge in [-0.1, -0.05) is 26.7 Å². The molecule has 8 heteroatoms. The van der Waals surface area contributed by atoms with Crippen molar-refractivity contribution in [2.75, 3.05) is 18.5 Å². The van der Waals surface area contributed by atoms with Crippen molar-refractivity contribution < 1.29 is 27.9 Å². The quantitative estimate of drug-likeness (QED) is 0.760. The molecule has 0 bridgehead atoms. The lowest BCUT2D eigenvalue weighted by Gasteiger charge is -2.39. The summed E-state index contributed by atoms with van der Waals surface area (Å²) in [5.74, 6) is -2.69. The van der Waals surface area contributed by atoms with Gasteiger partial charge in [-0.3, -0.25) is 14.4 Å². The average Bonchev–Trinajstić information content (AvgIpc) is 3.06. The van der Waals surface area contributed by atoms with Crippen LogP contribution in [-0.4, -0.2) is 41.9 Å². The Morgan fingerprint density at radius 3 is 2.76 bits per heavy atom. The van der Waals surface area contributed by atoms with Crippen LogP contribution in [0.2, 0.25) is 0 Å². The van der Waals surface area contributed by atoms with Crippen LogP contribution in [0.5, 0.6) is 0 Å². The minimum absolute atomic E-state index is 0.0656. The summed E-state index contributed by atoms with van der Waals surface area (Å²) in [5.41, 5.74) is -0.325. The van der Waals surface area contributed by atoms with Gasteiger partial charge in [0.2, 0.25) is 5.91 Å². The molecule has 1 N–H and O–H groups in total. The van der Waals surface area contributed by atoms with Crippen molar-refractivity contribution in [1.82, 2.24) is 4.90 Å². The van der Waals surface area contributed by atoms with Crippen LogP contribution in [0.3, 0.4) is 0 Å². The highest BCUT2D eigenvalue weighted by molar-refractivity contribution is 5.93. The van der Waals surface area contributed by atoms with Crippen molar-refractivity contribution >= 4 is 23.5 Å². The number of esters is 1. The number of nitrogens with zero attached hydrogens (tertiary/aromatic N) is 1. The van der Waals surface area contributed by atoms with Crippen molar-refractivity contribution in [3.63, 3.8) is 0 Å². The number of hydrogen-bond acceptors (Lipinski definition) is 4. The number of carbonyl (C=O) groups excluding carboxylic acids is 3. The number of rotatable bonds is 5. The molecular formula is C21H26F2N2O4. The zero-order valence-electron chi connectivity index (χ0n) is 16.6. The molecule has 158 valence electrons. The number of nitrogens with one attached hydrogen (secondary N) is 1. The second-order valence-corrected chi connectivity index (χ2v) is 8.06. The van der Waals surface area contributed by atoms with Gasteiger partial charge in [-0.15, -0.1) is 0 Å². The Bertz CT molecular complexity index is 801. The van der Waals surface area contributed by atoms with E-state index < -0.39 is 36.0 Å². The van der Waals surface area contributed by atoms with Gasteiger partial charge in [-0.05, 0) is 30.4 Å². The lowest BCUT2D eigenvalue weighted by molar-refractivity contribution is -0.151. The SMILES string of the molecule is C[C@@H]1[C@H](C)CCC[C@@H]1N1C[C@H](C(=O)OCC(=O)Nc2cc(F)ccc2F)CC1=O. The minimum atomic E-state index is -0.793. The third-order valence-corrected chi connectivity index (χ3v) is 6.10. The van der Waals surface area contributed by atoms with E-state index >= 15 is 0 Å². The number of anilines is 1. The second kappa shape index (κ2) is 8.88. The second-order valence-electron chi connectivity index (χ2n) is 8.06. The van der Waals surface area contributed by atoms with Gasteiger partial charge in [-0.2, -0.15) is 0 Å². The first kappa shape index (κ1) is 21.2. The smallest absolute Gasteiger partial charge is 0.311 e. The van der Waals surface area contributed by atoms with Crippen LogP contribution in [0.15, 0.2) is 18.2 Å². The monoisotopic (exact) mass is 408 g/mol. The molecule has 2 aliphatic rings. The minimum Gasteiger partial charge on any atom is -0.455 e. The third kappa shape index (κ3) is 4.92. The van der Waals surface area contributed by atoms with Crippen molar-refractivity contribution in [2.24, 2.45) is 17.8 Å². The Morgan fingerprint density at radius 2 is 2.00 bits per heavy atom. The Balaban J connectivity index is 1.51. The van der Waals surface area contributed by atoms with E-state index in [0.717, 1.165) is 37.5 Å². The van der Waals surface area contributed by atoms with Crippen molar-refractivity contribution in [1.29, 1.82) is 0 Å². The van der Waals surface area contributed by atoms with E-state index in [4.69, 9.17) is 4.74 Å². The molecule has 29 heavy (non-hydrogen) atoms. The molecule has 4 atom stereocenters. The molecule has 1 aromatic rings. The lowest BCUT2D eigenvalue weighted by Crippen LogP contribution is -2.45. The normalized spacial score (nSPS) is 27.0. The fourth-order valence-corrected chi connectivity index (χ4v) is 4.24.